The monoisotopic (exact) mass is 236 g/mol. The van der Waals surface area contributed by atoms with E-state index in [0.29, 0.717) is 0 Å². The van der Waals surface area contributed by atoms with Crippen LogP contribution in [-0.4, -0.2) is 14.8 Å². The molecule has 0 saturated carbocycles. The van der Waals surface area contributed by atoms with Gasteiger partial charge in [0.15, 0.2) is 0 Å². The molecule has 1 atom stereocenters. The summed E-state index contributed by atoms with van der Waals surface area (Å²) in [5.74, 6) is 1.05. The second-order valence-electron chi connectivity index (χ2n) is 3.77. The maximum atomic E-state index is 4.41. The predicted molar refractivity (Wildman–Crippen MR) is 66.7 cm³/mol. The fourth-order valence-corrected chi connectivity index (χ4v) is 2.20. The van der Waals surface area contributed by atoms with Crippen LogP contribution < -0.4 is 5.32 Å². The van der Waals surface area contributed by atoms with Gasteiger partial charge >= 0.3 is 0 Å². The molecule has 0 amide bonds. The molecular formula is C11H16N4S. The first-order valence-electron chi connectivity index (χ1n) is 5.38. The van der Waals surface area contributed by atoms with Crippen molar-refractivity contribution in [2.24, 2.45) is 7.05 Å². The first kappa shape index (κ1) is 11.1. The molecule has 0 radical (unpaired) electrons. The average molecular weight is 236 g/mol. The summed E-state index contributed by atoms with van der Waals surface area (Å²) in [5.41, 5.74) is 2.97. The number of rotatable bonds is 4. The molecule has 0 aromatic carbocycles. The second kappa shape index (κ2) is 4.65. The molecule has 86 valence electrons. The number of aryl methyl sites for hydroxylation is 2. The molecule has 0 fully saturated rings. The lowest BCUT2D eigenvalue weighted by atomic mass is 10.3. The zero-order valence-electron chi connectivity index (χ0n) is 9.77. The Hall–Kier alpha value is -1.36. The van der Waals surface area contributed by atoms with E-state index in [0.717, 1.165) is 17.9 Å². The summed E-state index contributed by atoms with van der Waals surface area (Å²) in [6.07, 6.45) is 2.86. The molecule has 2 aromatic rings. The summed E-state index contributed by atoms with van der Waals surface area (Å²) in [6.45, 7) is 4.24. The number of hydrogen-bond acceptors (Lipinski definition) is 4. The minimum absolute atomic E-state index is 0.271. The van der Waals surface area contributed by atoms with Gasteiger partial charge in [-0.25, -0.2) is 0 Å². The number of nitrogens with zero attached hydrogens (tertiary/aromatic N) is 3. The van der Waals surface area contributed by atoms with Crippen molar-refractivity contribution in [2.75, 3.05) is 5.32 Å². The van der Waals surface area contributed by atoms with Crippen molar-refractivity contribution in [2.45, 2.75) is 26.3 Å². The first-order chi connectivity index (χ1) is 7.70. The Labute approximate surface area is 99.3 Å². The van der Waals surface area contributed by atoms with Gasteiger partial charge in [0, 0.05) is 24.2 Å². The minimum atomic E-state index is 0.271. The second-order valence-corrected chi connectivity index (χ2v) is 4.69. The molecule has 2 heterocycles. The van der Waals surface area contributed by atoms with Gasteiger partial charge in [-0.05, 0) is 13.3 Å². The molecule has 0 aliphatic carbocycles. The number of nitrogens with one attached hydrogen (secondary N) is 1. The van der Waals surface area contributed by atoms with Crippen LogP contribution in [-0.2, 0) is 13.5 Å². The zero-order chi connectivity index (χ0) is 11.5. The van der Waals surface area contributed by atoms with Gasteiger partial charge in [-0.15, -0.1) is 11.3 Å². The third-order valence-corrected chi connectivity index (χ3v) is 3.49. The van der Waals surface area contributed by atoms with Gasteiger partial charge in [0.25, 0.3) is 0 Å². The Morgan fingerprint density at radius 3 is 2.94 bits per heavy atom. The summed E-state index contributed by atoms with van der Waals surface area (Å²) < 4.78 is 1.89. The SMILES string of the molecule is CCc1cc(NC(C)c2cncs2)n(C)n1. The van der Waals surface area contributed by atoms with Crippen LogP contribution >= 0.6 is 11.3 Å². The minimum Gasteiger partial charge on any atom is -0.363 e. The van der Waals surface area contributed by atoms with Crippen LogP contribution in [0.2, 0.25) is 0 Å². The van der Waals surface area contributed by atoms with Crippen LogP contribution in [0.25, 0.3) is 0 Å². The molecule has 2 rings (SSSR count). The Morgan fingerprint density at radius 2 is 2.38 bits per heavy atom. The van der Waals surface area contributed by atoms with Gasteiger partial charge in [0.2, 0.25) is 0 Å². The quantitative estimate of drug-likeness (QED) is 0.887. The summed E-state index contributed by atoms with van der Waals surface area (Å²) in [4.78, 5) is 5.32. The molecule has 0 bridgehead atoms. The van der Waals surface area contributed by atoms with Crippen LogP contribution in [0.4, 0.5) is 5.82 Å². The highest BCUT2D eigenvalue weighted by Crippen LogP contribution is 2.22. The zero-order valence-corrected chi connectivity index (χ0v) is 10.6. The van der Waals surface area contributed by atoms with Gasteiger partial charge in [-0.1, -0.05) is 6.92 Å². The molecular weight excluding hydrogens is 220 g/mol. The van der Waals surface area contributed by atoms with E-state index in [2.05, 4.69) is 35.3 Å². The van der Waals surface area contributed by atoms with Crippen molar-refractivity contribution < 1.29 is 0 Å². The van der Waals surface area contributed by atoms with Crippen LogP contribution in [0.1, 0.15) is 30.5 Å². The standard InChI is InChI=1S/C11H16N4S/c1-4-9-5-11(15(3)14-9)13-8(2)10-6-12-7-16-10/h5-8,13H,4H2,1-3H3. The number of aromatic nitrogens is 3. The van der Waals surface area contributed by atoms with E-state index < -0.39 is 0 Å². The topological polar surface area (TPSA) is 42.7 Å². The molecule has 2 aromatic heterocycles. The van der Waals surface area contributed by atoms with Crippen molar-refractivity contribution in [1.82, 2.24) is 14.8 Å². The maximum Gasteiger partial charge on any atom is 0.124 e. The third-order valence-electron chi connectivity index (χ3n) is 2.54. The average Bonchev–Trinajstić information content (AvgIpc) is 2.88. The van der Waals surface area contributed by atoms with E-state index in [-0.39, 0.29) is 6.04 Å². The number of hydrogen-bond donors (Lipinski definition) is 1. The lowest BCUT2D eigenvalue weighted by molar-refractivity contribution is 0.736. The Kier molecular flexibility index (Phi) is 3.24. The number of thiazole rings is 1. The smallest absolute Gasteiger partial charge is 0.124 e. The summed E-state index contributed by atoms with van der Waals surface area (Å²) in [7, 11) is 1.96. The summed E-state index contributed by atoms with van der Waals surface area (Å²) in [6, 6.07) is 2.37. The fourth-order valence-electron chi connectivity index (χ4n) is 1.57. The largest absolute Gasteiger partial charge is 0.363 e. The van der Waals surface area contributed by atoms with E-state index in [9.17, 15) is 0 Å². The molecule has 1 N–H and O–H groups in total. The van der Waals surface area contributed by atoms with Gasteiger partial charge in [0.1, 0.15) is 5.82 Å². The van der Waals surface area contributed by atoms with Crippen molar-refractivity contribution in [3.63, 3.8) is 0 Å². The van der Waals surface area contributed by atoms with Gasteiger partial charge in [-0.3, -0.25) is 9.67 Å². The Morgan fingerprint density at radius 1 is 1.56 bits per heavy atom. The molecule has 5 heteroatoms. The molecule has 0 aliphatic rings. The van der Waals surface area contributed by atoms with Crippen molar-refractivity contribution in [1.29, 1.82) is 0 Å². The molecule has 16 heavy (non-hydrogen) atoms. The highest BCUT2D eigenvalue weighted by molar-refractivity contribution is 7.09. The highest BCUT2D eigenvalue weighted by atomic mass is 32.1. The maximum absolute atomic E-state index is 4.41. The van der Waals surface area contributed by atoms with E-state index in [4.69, 9.17) is 0 Å². The van der Waals surface area contributed by atoms with Crippen molar-refractivity contribution in [3.8, 4) is 0 Å². The lowest BCUT2D eigenvalue weighted by Crippen LogP contribution is -2.08. The lowest BCUT2D eigenvalue weighted by Gasteiger charge is -2.12. The van der Waals surface area contributed by atoms with Crippen LogP contribution in [0.15, 0.2) is 17.8 Å². The number of anilines is 1. The first-order valence-corrected chi connectivity index (χ1v) is 6.26. The highest BCUT2D eigenvalue weighted by Gasteiger charge is 2.10. The third kappa shape index (κ3) is 2.24. The molecule has 0 spiro atoms. The van der Waals surface area contributed by atoms with Gasteiger partial charge in [0.05, 0.1) is 17.2 Å². The molecule has 1 unspecified atom stereocenters. The summed E-state index contributed by atoms with van der Waals surface area (Å²) >= 11 is 1.67. The van der Waals surface area contributed by atoms with Gasteiger partial charge in [-0.2, -0.15) is 5.10 Å². The summed E-state index contributed by atoms with van der Waals surface area (Å²) in [5, 5.41) is 7.84. The van der Waals surface area contributed by atoms with Crippen LogP contribution in [0.3, 0.4) is 0 Å². The molecule has 4 nitrogen and oxygen atoms in total. The van der Waals surface area contributed by atoms with Crippen LogP contribution in [0.5, 0.6) is 0 Å². The van der Waals surface area contributed by atoms with Crippen LogP contribution in [0, 0.1) is 0 Å². The van der Waals surface area contributed by atoms with Gasteiger partial charge < -0.3 is 5.32 Å². The van der Waals surface area contributed by atoms with E-state index in [1.165, 1.54) is 4.88 Å². The Balaban J connectivity index is 2.11. The van der Waals surface area contributed by atoms with Crippen molar-refractivity contribution in [3.05, 3.63) is 28.3 Å². The normalized spacial score (nSPS) is 12.7. The molecule has 0 saturated heterocycles. The van der Waals surface area contributed by atoms with Crippen molar-refractivity contribution >= 4 is 17.2 Å². The predicted octanol–water partition coefficient (Wildman–Crippen LogP) is 2.61. The fraction of sp³-hybridized carbons (Fsp3) is 0.455. The van der Waals surface area contributed by atoms with E-state index in [1.807, 2.05) is 23.4 Å². The van der Waals surface area contributed by atoms with E-state index in [1.54, 1.807) is 11.3 Å². The molecule has 0 aliphatic heterocycles. The Bertz CT molecular complexity index is 447. The van der Waals surface area contributed by atoms with E-state index >= 15 is 0 Å².